The van der Waals surface area contributed by atoms with E-state index in [-0.39, 0.29) is 16.4 Å². The van der Waals surface area contributed by atoms with Crippen LogP contribution in [0.1, 0.15) is 43.9 Å². The molecule has 0 aliphatic heterocycles. The van der Waals surface area contributed by atoms with Crippen LogP contribution >= 0.6 is 23.1 Å². The highest BCUT2D eigenvalue weighted by molar-refractivity contribution is 8.13. The van der Waals surface area contributed by atoms with Crippen LogP contribution in [0.4, 0.5) is 5.69 Å². The Morgan fingerprint density at radius 1 is 1.12 bits per heavy atom. The van der Waals surface area contributed by atoms with Gasteiger partial charge in [0, 0.05) is 15.2 Å². The number of anilines is 1. The molecule has 0 unspecified atom stereocenters. The van der Waals surface area contributed by atoms with Crippen molar-refractivity contribution in [2.45, 2.75) is 50.3 Å². The van der Waals surface area contributed by atoms with Crippen molar-refractivity contribution in [3.8, 4) is 0 Å². The van der Waals surface area contributed by atoms with E-state index in [2.05, 4.69) is 12.2 Å². The van der Waals surface area contributed by atoms with Crippen LogP contribution in [0.2, 0.25) is 0 Å². The monoisotopic (exact) mass is 373 g/mol. The summed E-state index contributed by atoms with van der Waals surface area (Å²) < 4.78 is 0. The van der Waals surface area contributed by atoms with Gasteiger partial charge in [-0.15, -0.1) is 11.3 Å². The normalized spacial score (nSPS) is 16.4. The Morgan fingerprint density at radius 3 is 2.60 bits per heavy atom. The maximum Gasteiger partial charge on any atom is 0.230 e. The van der Waals surface area contributed by atoms with Crippen molar-refractivity contribution in [2.75, 3.05) is 5.32 Å². The summed E-state index contributed by atoms with van der Waals surface area (Å²) in [5.41, 5.74) is 0.445. The van der Waals surface area contributed by atoms with Gasteiger partial charge in [0.2, 0.25) is 5.91 Å². The highest BCUT2D eigenvalue weighted by Crippen LogP contribution is 2.38. The van der Waals surface area contributed by atoms with E-state index in [0.717, 1.165) is 41.1 Å². The summed E-state index contributed by atoms with van der Waals surface area (Å²) in [5.74, 6) is 0.0750. The fourth-order valence-corrected chi connectivity index (χ4v) is 4.85. The van der Waals surface area contributed by atoms with Gasteiger partial charge >= 0.3 is 0 Å². The van der Waals surface area contributed by atoms with Gasteiger partial charge in [-0.25, -0.2) is 0 Å². The second-order valence-corrected chi connectivity index (χ2v) is 8.93. The van der Waals surface area contributed by atoms with Gasteiger partial charge in [0.15, 0.2) is 5.12 Å². The van der Waals surface area contributed by atoms with Crippen molar-refractivity contribution in [3.05, 3.63) is 46.7 Å². The van der Waals surface area contributed by atoms with Crippen molar-refractivity contribution in [1.29, 1.82) is 0 Å². The van der Waals surface area contributed by atoms with Crippen molar-refractivity contribution in [3.63, 3.8) is 0 Å². The molecule has 0 radical (unpaired) electrons. The van der Waals surface area contributed by atoms with Gasteiger partial charge < -0.3 is 5.32 Å². The summed E-state index contributed by atoms with van der Waals surface area (Å²) in [5, 5.41) is 5.14. The van der Waals surface area contributed by atoms with Gasteiger partial charge in [-0.3, -0.25) is 9.59 Å². The van der Waals surface area contributed by atoms with E-state index < -0.39 is 0 Å². The summed E-state index contributed by atoms with van der Waals surface area (Å²) >= 11 is 2.80. The summed E-state index contributed by atoms with van der Waals surface area (Å²) in [7, 11) is 0. The second kappa shape index (κ2) is 8.19. The van der Waals surface area contributed by atoms with E-state index in [1.807, 2.05) is 41.8 Å². The van der Waals surface area contributed by atoms with Gasteiger partial charge in [-0.05, 0) is 48.2 Å². The minimum Gasteiger partial charge on any atom is -0.325 e. The van der Waals surface area contributed by atoms with E-state index in [4.69, 9.17) is 0 Å². The van der Waals surface area contributed by atoms with Crippen LogP contribution < -0.4 is 5.32 Å². The SMILES string of the molecule is CC1(C(=O)Nc2ccccc2SC(=O)Cc2cccs2)CCCCC1. The van der Waals surface area contributed by atoms with Crippen LogP contribution in [0.15, 0.2) is 46.7 Å². The van der Waals surface area contributed by atoms with Crippen LogP contribution in [0.5, 0.6) is 0 Å². The van der Waals surface area contributed by atoms with Crippen molar-refractivity contribution >= 4 is 39.8 Å². The zero-order valence-corrected chi connectivity index (χ0v) is 16.1. The lowest BCUT2D eigenvalue weighted by atomic mass is 9.75. The van der Waals surface area contributed by atoms with Crippen molar-refractivity contribution in [2.24, 2.45) is 5.41 Å². The molecular formula is C20H23NO2S2. The van der Waals surface area contributed by atoms with Gasteiger partial charge in [-0.1, -0.05) is 44.4 Å². The lowest BCUT2D eigenvalue weighted by Crippen LogP contribution is -2.35. The number of para-hydroxylation sites is 1. The number of thiophene rings is 1. The molecular weight excluding hydrogens is 350 g/mol. The quantitative estimate of drug-likeness (QED) is 0.702. The molecule has 132 valence electrons. The molecule has 3 nitrogen and oxygen atoms in total. The highest BCUT2D eigenvalue weighted by Gasteiger charge is 2.34. The minimum atomic E-state index is -0.295. The van der Waals surface area contributed by atoms with Crippen LogP contribution in [-0.4, -0.2) is 11.0 Å². The van der Waals surface area contributed by atoms with Crippen LogP contribution in [0.25, 0.3) is 0 Å². The molecule has 1 aromatic heterocycles. The van der Waals surface area contributed by atoms with Gasteiger partial charge in [-0.2, -0.15) is 0 Å². The molecule has 25 heavy (non-hydrogen) atoms. The molecule has 0 bridgehead atoms. The van der Waals surface area contributed by atoms with E-state index in [9.17, 15) is 9.59 Å². The summed E-state index contributed by atoms with van der Waals surface area (Å²) in [6, 6.07) is 11.5. The fourth-order valence-electron chi connectivity index (χ4n) is 3.21. The zero-order chi connectivity index (χ0) is 17.7. The number of thioether (sulfide) groups is 1. The third-order valence-corrected chi connectivity index (χ3v) is 6.59. The number of hydrogen-bond donors (Lipinski definition) is 1. The maximum absolute atomic E-state index is 12.8. The first-order valence-electron chi connectivity index (χ1n) is 8.70. The lowest BCUT2D eigenvalue weighted by molar-refractivity contribution is -0.126. The van der Waals surface area contributed by atoms with Crippen molar-refractivity contribution in [1.82, 2.24) is 0 Å². The molecule has 1 N–H and O–H groups in total. The molecule has 1 aromatic carbocycles. The van der Waals surface area contributed by atoms with E-state index >= 15 is 0 Å². The topological polar surface area (TPSA) is 46.2 Å². The Kier molecular flexibility index (Phi) is 5.97. The number of benzene rings is 1. The Hall–Kier alpha value is -1.59. The maximum atomic E-state index is 12.8. The standard InChI is InChI=1S/C20H23NO2S2/c1-20(11-5-2-6-12-20)19(23)21-16-9-3-4-10-17(16)25-18(22)14-15-8-7-13-24-15/h3-4,7-10,13H,2,5-6,11-12,14H2,1H3,(H,21,23). The molecule has 1 fully saturated rings. The average molecular weight is 374 g/mol. The first kappa shape index (κ1) is 18.2. The largest absolute Gasteiger partial charge is 0.325 e. The molecule has 1 aliphatic rings. The lowest BCUT2D eigenvalue weighted by Gasteiger charge is -2.32. The number of hydrogen-bond acceptors (Lipinski definition) is 4. The third-order valence-electron chi connectivity index (χ3n) is 4.76. The molecule has 1 saturated carbocycles. The smallest absolute Gasteiger partial charge is 0.230 e. The van der Waals surface area contributed by atoms with Crippen LogP contribution in [-0.2, 0) is 16.0 Å². The molecule has 1 heterocycles. The predicted octanol–water partition coefficient (Wildman–Crippen LogP) is 5.52. The Morgan fingerprint density at radius 2 is 1.88 bits per heavy atom. The summed E-state index contributed by atoms with van der Waals surface area (Å²) in [4.78, 5) is 27.0. The first-order valence-corrected chi connectivity index (χ1v) is 10.4. The van der Waals surface area contributed by atoms with E-state index in [0.29, 0.717) is 6.42 Å². The predicted molar refractivity (Wildman–Crippen MR) is 105 cm³/mol. The molecule has 1 aliphatic carbocycles. The first-order chi connectivity index (χ1) is 12.1. The van der Waals surface area contributed by atoms with Crippen LogP contribution in [0, 0.1) is 5.41 Å². The van der Waals surface area contributed by atoms with Gasteiger partial charge in [0.05, 0.1) is 12.1 Å². The van der Waals surface area contributed by atoms with E-state index in [1.165, 1.54) is 18.2 Å². The number of rotatable bonds is 5. The molecule has 2 aromatic rings. The van der Waals surface area contributed by atoms with Crippen molar-refractivity contribution < 1.29 is 9.59 Å². The Balaban J connectivity index is 1.68. The number of nitrogens with one attached hydrogen (secondary N) is 1. The molecule has 0 spiro atoms. The average Bonchev–Trinajstić information content (AvgIpc) is 3.10. The Bertz CT molecular complexity index is 734. The summed E-state index contributed by atoms with van der Waals surface area (Å²) in [6.45, 7) is 2.05. The second-order valence-electron chi connectivity index (χ2n) is 6.80. The molecule has 0 atom stereocenters. The minimum absolute atomic E-state index is 0.0750. The molecule has 3 rings (SSSR count). The molecule has 5 heteroatoms. The van der Waals surface area contributed by atoms with Gasteiger partial charge in [0.25, 0.3) is 0 Å². The summed E-state index contributed by atoms with van der Waals surface area (Å²) in [6.07, 6.45) is 5.73. The highest BCUT2D eigenvalue weighted by atomic mass is 32.2. The van der Waals surface area contributed by atoms with Gasteiger partial charge in [0.1, 0.15) is 0 Å². The third kappa shape index (κ3) is 4.73. The number of carbonyl (C=O) groups excluding carboxylic acids is 2. The van der Waals surface area contributed by atoms with Crippen LogP contribution in [0.3, 0.4) is 0 Å². The molecule has 1 amide bonds. The van der Waals surface area contributed by atoms with E-state index in [1.54, 1.807) is 11.3 Å². The Labute approximate surface area is 157 Å². The fraction of sp³-hybridized carbons (Fsp3) is 0.400. The molecule has 0 saturated heterocycles. The number of amides is 1. The zero-order valence-electron chi connectivity index (χ0n) is 14.4. The number of carbonyl (C=O) groups is 2.